The number of ether oxygens (including phenoxy) is 1. The van der Waals surface area contributed by atoms with Crippen LogP contribution in [-0.4, -0.2) is 57.2 Å². The first-order valence-electron chi connectivity index (χ1n) is 11.6. The highest BCUT2D eigenvalue weighted by Gasteiger charge is 2.18. The standard InChI is InChI=1S/C25H31N7O2/c1-18(2)23-7-4-20(14-27-23)17-34-25-9-8-24(29-30-25)28-15-21-5-6-22(16-26-21)32-12-10-31(11-13-32)19(3)33/h4-9,14,16,18H,10-13,15,17H2,1-3H3,(H,28,29). The summed E-state index contributed by atoms with van der Waals surface area (Å²) >= 11 is 0. The van der Waals surface area contributed by atoms with Crippen molar-refractivity contribution in [2.24, 2.45) is 0 Å². The summed E-state index contributed by atoms with van der Waals surface area (Å²) in [7, 11) is 0. The predicted octanol–water partition coefficient (Wildman–Crippen LogP) is 3.25. The van der Waals surface area contributed by atoms with Gasteiger partial charge >= 0.3 is 0 Å². The molecule has 0 saturated carbocycles. The maximum atomic E-state index is 11.5. The van der Waals surface area contributed by atoms with Crippen LogP contribution in [0.2, 0.25) is 0 Å². The van der Waals surface area contributed by atoms with Gasteiger partial charge in [-0.05, 0) is 30.2 Å². The number of nitrogens with one attached hydrogen (secondary N) is 1. The lowest BCUT2D eigenvalue weighted by Crippen LogP contribution is -2.48. The van der Waals surface area contributed by atoms with Crippen molar-refractivity contribution in [2.45, 2.75) is 39.8 Å². The molecule has 3 aromatic heterocycles. The quantitative estimate of drug-likeness (QED) is 0.546. The lowest BCUT2D eigenvalue weighted by atomic mass is 10.1. The Balaban J connectivity index is 1.23. The van der Waals surface area contributed by atoms with Gasteiger partial charge in [0.1, 0.15) is 12.4 Å². The van der Waals surface area contributed by atoms with Crippen LogP contribution in [0.3, 0.4) is 0 Å². The predicted molar refractivity (Wildman–Crippen MR) is 131 cm³/mol. The van der Waals surface area contributed by atoms with Crippen molar-refractivity contribution >= 4 is 17.4 Å². The Morgan fingerprint density at radius 3 is 2.41 bits per heavy atom. The molecule has 1 aliphatic rings. The van der Waals surface area contributed by atoms with E-state index in [2.05, 4.69) is 50.3 Å². The molecule has 9 heteroatoms. The number of aromatic nitrogens is 4. The van der Waals surface area contributed by atoms with E-state index in [4.69, 9.17) is 4.74 Å². The fourth-order valence-corrected chi connectivity index (χ4v) is 3.68. The number of pyridine rings is 2. The fraction of sp³-hybridized carbons (Fsp3) is 0.400. The molecule has 4 rings (SSSR count). The highest BCUT2D eigenvalue weighted by Crippen LogP contribution is 2.17. The Morgan fingerprint density at radius 1 is 1.00 bits per heavy atom. The number of hydrogen-bond acceptors (Lipinski definition) is 8. The van der Waals surface area contributed by atoms with Gasteiger partial charge < -0.3 is 19.9 Å². The van der Waals surface area contributed by atoms with Crippen molar-refractivity contribution in [3.8, 4) is 5.88 Å². The molecule has 0 radical (unpaired) electrons. The van der Waals surface area contributed by atoms with Crippen LogP contribution in [0.4, 0.5) is 11.5 Å². The lowest BCUT2D eigenvalue weighted by Gasteiger charge is -2.35. The van der Waals surface area contributed by atoms with Crippen molar-refractivity contribution < 1.29 is 9.53 Å². The molecule has 0 spiro atoms. The number of rotatable bonds is 8. The van der Waals surface area contributed by atoms with E-state index in [0.717, 1.165) is 48.8 Å². The van der Waals surface area contributed by atoms with Gasteiger partial charge in [0, 0.05) is 56.6 Å². The highest BCUT2D eigenvalue weighted by atomic mass is 16.5. The van der Waals surface area contributed by atoms with Crippen LogP contribution in [0.15, 0.2) is 48.8 Å². The van der Waals surface area contributed by atoms with Crippen LogP contribution < -0.4 is 15.0 Å². The zero-order valence-electron chi connectivity index (χ0n) is 19.9. The van der Waals surface area contributed by atoms with Gasteiger partial charge in [0.15, 0.2) is 0 Å². The zero-order valence-corrected chi connectivity index (χ0v) is 19.9. The minimum atomic E-state index is 0.135. The molecule has 4 heterocycles. The Kier molecular flexibility index (Phi) is 7.51. The topological polar surface area (TPSA) is 96.4 Å². The molecule has 1 aliphatic heterocycles. The third kappa shape index (κ3) is 6.18. The molecular formula is C25H31N7O2. The number of nitrogens with zero attached hydrogens (tertiary/aromatic N) is 6. The first kappa shape index (κ1) is 23.4. The lowest BCUT2D eigenvalue weighted by molar-refractivity contribution is -0.129. The second-order valence-corrected chi connectivity index (χ2v) is 8.65. The SMILES string of the molecule is CC(=O)N1CCN(c2ccc(CNc3ccc(OCc4ccc(C(C)C)nc4)nn3)nc2)CC1. The molecule has 9 nitrogen and oxygen atoms in total. The minimum Gasteiger partial charge on any atom is -0.472 e. The van der Waals surface area contributed by atoms with Crippen LogP contribution in [0, 0.1) is 0 Å². The maximum Gasteiger partial charge on any atom is 0.233 e. The summed E-state index contributed by atoms with van der Waals surface area (Å²) in [5, 5.41) is 11.6. The molecule has 1 N–H and O–H groups in total. The number of carbonyl (C=O) groups excluding carboxylic acids is 1. The van der Waals surface area contributed by atoms with Crippen LogP contribution in [-0.2, 0) is 17.9 Å². The summed E-state index contributed by atoms with van der Waals surface area (Å²) in [5.74, 6) is 1.66. The summed E-state index contributed by atoms with van der Waals surface area (Å²) in [6.07, 6.45) is 3.72. The largest absolute Gasteiger partial charge is 0.472 e. The van der Waals surface area contributed by atoms with E-state index in [9.17, 15) is 4.79 Å². The Morgan fingerprint density at radius 2 is 1.82 bits per heavy atom. The molecule has 0 aromatic carbocycles. The van der Waals surface area contributed by atoms with Gasteiger partial charge in [0.05, 0.1) is 24.1 Å². The number of piperazine rings is 1. The fourth-order valence-electron chi connectivity index (χ4n) is 3.68. The number of anilines is 2. The summed E-state index contributed by atoms with van der Waals surface area (Å²) in [5.41, 5.74) is 4.03. The van der Waals surface area contributed by atoms with Gasteiger partial charge in [0.2, 0.25) is 11.8 Å². The van der Waals surface area contributed by atoms with Gasteiger partial charge in [-0.3, -0.25) is 14.8 Å². The maximum absolute atomic E-state index is 11.5. The van der Waals surface area contributed by atoms with E-state index in [1.54, 1.807) is 13.0 Å². The minimum absolute atomic E-state index is 0.135. The van der Waals surface area contributed by atoms with Crippen molar-refractivity contribution in [3.05, 3.63) is 65.7 Å². The molecule has 34 heavy (non-hydrogen) atoms. The van der Waals surface area contributed by atoms with Crippen molar-refractivity contribution in [3.63, 3.8) is 0 Å². The van der Waals surface area contributed by atoms with Gasteiger partial charge in [0.25, 0.3) is 0 Å². The summed E-state index contributed by atoms with van der Waals surface area (Å²) in [4.78, 5) is 24.6. The Labute approximate surface area is 200 Å². The summed E-state index contributed by atoms with van der Waals surface area (Å²) in [6, 6.07) is 11.8. The van der Waals surface area contributed by atoms with E-state index in [0.29, 0.717) is 30.8 Å². The second-order valence-electron chi connectivity index (χ2n) is 8.65. The molecule has 1 fully saturated rings. The van der Waals surface area contributed by atoms with Gasteiger partial charge in [-0.15, -0.1) is 10.2 Å². The number of carbonyl (C=O) groups is 1. The first-order chi connectivity index (χ1) is 16.5. The van der Waals surface area contributed by atoms with Crippen LogP contribution in [0.1, 0.15) is 43.6 Å². The van der Waals surface area contributed by atoms with E-state index >= 15 is 0 Å². The third-order valence-electron chi connectivity index (χ3n) is 5.82. The summed E-state index contributed by atoms with van der Waals surface area (Å²) < 4.78 is 5.72. The van der Waals surface area contributed by atoms with E-state index in [1.165, 1.54) is 0 Å². The molecule has 0 unspecified atom stereocenters. The average Bonchev–Trinajstić information content (AvgIpc) is 2.87. The average molecular weight is 462 g/mol. The smallest absolute Gasteiger partial charge is 0.233 e. The molecule has 0 bridgehead atoms. The van der Waals surface area contributed by atoms with Gasteiger partial charge in [-0.2, -0.15) is 0 Å². The van der Waals surface area contributed by atoms with Crippen molar-refractivity contribution in [2.75, 3.05) is 36.4 Å². The third-order valence-corrected chi connectivity index (χ3v) is 5.82. The Bertz CT molecular complexity index is 1060. The molecule has 1 saturated heterocycles. The van der Waals surface area contributed by atoms with Gasteiger partial charge in [-0.1, -0.05) is 19.9 Å². The van der Waals surface area contributed by atoms with E-state index in [1.807, 2.05) is 41.6 Å². The summed E-state index contributed by atoms with van der Waals surface area (Å²) in [6.45, 7) is 9.94. The molecular weight excluding hydrogens is 430 g/mol. The molecule has 178 valence electrons. The number of hydrogen-bond donors (Lipinski definition) is 1. The van der Waals surface area contributed by atoms with E-state index in [-0.39, 0.29) is 5.91 Å². The second kappa shape index (κ2) is 10.9. The zero-order chi connectivity index (χ0) is 23.9. The highest BCUT2D eigenvalue weighted by molar-refractivity contribution is 5.73. The molecule has 0 atom stereocenters. The Hall–Kier alpha value is -3.75. The normalized spacial score (nSPS) is 13.8. The molecule has 1 amide bonds. The molecule has 0 aliphatic carbocycles. The van der Waals surface area contributed by atoms with Crippen molar-refractivity contribution in [1.82, 2.24) is 25.1 Å². The van der Waals surface area contributed by atoms with Crippen LogP contribution in [0.25, 0.3) is 0 Å². The number of amides is 1. The van der Waals surface area contributed by atoms with Crippen LogP contribution in [0.5, 0.6) is 5.88 Å². The molecule has 3 aromatic rings. The van der Waals surface area contributed by atoms with E-state index < -0.39 is 0 Å². The van der Waals surface area contributed by atoms with Gasteiger partial charge in [-0.25, -0.2) is 0 Å². The van der Waals surface area contributed by atoms with Crippen molar-refractivity contribution in [1.29, 1.82) is 0 Å². The van der Waals surface area contributed by atoms with Crippen LogP contribution >= 0.6 is 0 Å². The first-order valence-corrected chi connectivity index (χ1v) is 11.6. The monoisotopic (exact) mass is 461 g/mol.